The Morgan fingerprint density at radius 2 is 1.55 bits per heavy atom. The first-order valence-corrected chi connectivity index (χ1v) is 8.68. The van der Waals surface area contributed by atoms with Gasteiger partial charge < -0.3 is 45.8 Å². The van der Waals surface area contributed by atoms with Crippen LogP contribution in [-0.4, -0.2) is 33.2 Å². The highest BCUT2D eigenvalue weighted by molar-refractivity contribution is 6.03. The highest BCUT2D eigenvalue weighted by Gasteiger charge is 2.25. The van der Waals surface area contributed by atoms with Crippen LogP contribution in [0.4, 0.5) is 0 Å². The minimum absolute atomic E-state index is 0. The number of phenols is 1. The van der Waals surface area contributed by atoms with Crippen LogP contribution in [0.2, 0.25) is 0 Å². The number of ether oxygens (including phenoxy) is 5. The minimum Gasteiger partial charge on any atom is -1.00 e. The quantitative estimate of drug-likeness (QED) is 0.268. The second-order valence-corrected chi connectivity index (χ2v) is 6.45. The molecule has 0 amide bonds. The van der Waals surface area contributed by atoms with Gasteiger partial charge in [-0.2, -0.15) is 4.40 Å². The lowest BCUT2D eigenvalue weighted by molar-refractivity contribution is -0.509. The monoisotopic (exact) mass is 459 g/mol. The van der Waals surface area contributed by atoms with E-state index < -0.39 is 0 Å². The summed E-state index contributed by atoms with van der Waals surface area (Å²) in [5.74, 6) is 2.51. The molecule has 0 spiro atoms. The highest BCUT2D eigenvalue weighted by atomic mass is 79.9. The van der Waals surface area contributed by atoms with E-state index in [4.69, 9.17) is 23.7 Å². The summed E-state index contributed by atoms with van der Waals surface area (Å²) in [6, 6.07) is 7.88. The summed E-state index contributed by atoms with van der Waals surface area (Å²) in [5.41, 5.74) is 0.924. The van der Waals surface area contributed by atoms with Crippen molar-refractivity contribution in [2.24, 2.45) is 0 Å². The number of pyridine rings is 2. The van der Waals surface area contributed by atoms with Gasteiger partial charge in [-0.15, -0.1) is 0 Å². The van der Waals surface area contributed by atoms with Crippen LogP contribution in [0, 0.1) is 0 Å². The number of benzene rings is 2. The Bertz CT molecular complexity index is 1270. The van der Waals surface area contributed by atoms with Crippen molar-refractivity contribution in [1.29, 1.82) is 0 Å². The molecule has 1 N–H and O–H groups in total. The zero-order valence-electron chi connectivity index (χ0n) is 16.0. The van der Waals surface area contributed by atoms with Gasteiger partial charge in [0, 0.05) is 17.5 Å². The Morgan fingerprint density at radius 1 is 0.862 bits per heavy atom. The first-order valence-electron chi connectivity index (χ1n) is 8.68. The molecule has 3 heterocycles. The highest BCUT2D eigenvalue weighted by Crippen LogP contribution is 2.50. The average molecular weight is 460 g/mol. The molecule has 0 saturated carbocycles. The molecule has 150 valence electrons. The molecule has 0 bridgehead atoms. The van der Waals surface area contributed by atoms with Crippen molar-refractivity contribution in [3.05, 3.63) is 36.7 Å². The molecular formula is C21H18BrNO6. The first-order chi connectivity index (χ1) is 13.7. The number of hydrogen-bond donors (Lipinski definition) is 1. The van der Waals surface area contributed by atoms with Crippen LogP contribution in [0.15, 0.2) is 36.7 Å². The third kappa shape index (κ3) is 2.66. The lowest BCUT2D eigenvalue weighted by atomic mass is 10.0. The number of aromatic nitrogens is 1. The molecule has 2 aromatic carbocycles. The molecule has 1 aliphatic heterocycles. The van der Waals surface area contributed by atoms with E-state index in [1.807, 2.05) is 41.1 Å². The smallest absolute Gasteiger partial charge is 0.231 e. The van der Waals surface area contributed by atoms with Crippen LogP contribution < -0.4 is 45.1 Å². The second kappa shape index (κ2) is 7.04. The van der Waals surface area contributed by atoms with E-state index in [0.717, 1.165) is 22.0 Å². The number of nitrogens with zero attached hydrogens (tertiary/aromatic N) is 1. The molecule has 2 aromatic heterocycles. The summed E-state index contributed by atoms with van der Waals surface area (Å²) in [4.78, 5) is 0. The van der Waals surface area contributed by atoms with Crippen molar-refractivity contribution in [2.45, 2.75) is 0 Å². The number of fused-ring (bicyclic) bond motifs is 5. The number of rotatable bonds is 3. The average Bonchev–Trinajstić information content (AvgIpc) is 3.18. The first kappa shape index (κ1) is 19.2. The Hall–Kier alpha value is -3.13. The lowest BCUT2D eigenvalue weighted by Gasteiger charge is -2.16. The molecule has 0 fully saturated rings. The summed E-state index contributed by atoms with van der Waals surface area (Å²) < 4.78 is 29.4. The number of halogens is 1. The zero-order valence-corrected chi connectivity index (χ0v) is 17.6. The minimum atomic E-state index is -0.00432. The summed E-state index contributed by atoms with van der Waals surface area (Å²) in [6.07, 6.45) is 3.77. The van der Waals surface area contributed by atoms with Crippen molar-refractivity contribution < 1.29 is 50.2 Å². The fourth-order valence-electron chi connectivity index (χ4n) is 3.79. The maximum absolute atomic E-state index is 10.8. The van der Waals surface area contributed by atoms with E-state index in [-0.39, 0.29) is 35.3 Å². The van der Waals surface area contributed by atoms with Gasteiger partial charge in [0.2, 0.25) is 23.8 Å². The predicted molar refractivity (Wildman–Crippen MR) is 102 cm³/mol. The van der Waals surface area contributed by atoms with E-state index in [0.29, 0.717) is 28.0 Å². The van der Waals surface area contributed by atoms with Crippen LogP contribution in [0.25, 0.3) is 27.1 Å². The molecule has 29 heavy (non-hydrogen) atoms. The number of phenolic OH excluding ortho intramolecular Hbond substituents is 1. The van der Waals surface area contributed by atoms with Crippen LogP contribution in [-0.2, 0) is 0 Å². The molecule has 5 rings (SSSR count). The van der Waals surface area contributed by atoms with Gasteiger partial charge in [-0.25, -0.2) is 0 Å². The van der Waals surface area contributed by atoms with Crippen molar-refractivity contribution in [1.82, 2.24) is 0 Å². The fourth-order valence-corrected chi connectivity index (χ4v) is 3.79. The normalized spacial score (nSPS) is 12.2. The molecule has 0 atom stereocenters. The molecule has 0 unspecified atom stereocenters. The van der Waals surface area contributed by atoms with E-state index in [9.17, 15) is 5.11 Å². The largest absolute Gasteiger partial charge is 1.00 e. The summed E-state index contributed by atoms with van der Waals surface area (Å²) in [6.45, 7) is 0.221. The van der Waals surface area contributed by atoms with E-state index >= 15 is 0 Å². The number of aromatic hydroxyl groups is 1. The van der Waals surface area contributed by atoms with Crippen LogP contribution in [0.3, 0.4) is 0 Å². The van der Waals surface area contributed by atoms with Gasteiger partial charge in [0.15, 0.2) is 35.4 Å². The van der Waals surface area contributed by atoms with Crippen LogP contribution in [0.5, 0.6) is 34.5 Å². The molecule has 0 saturated heterocycles. The third-order valence-electron chi connectivity index (χ3n) is 5.09. The van der Waals surface area contributed by atoms with Gasteiger partial charge in [-0.05, 0) is 17.5 Å². The maximum Gasteiger partial charge on any atom is 0.231 e. The zero-order chi connectivity index (χ0) is 19.4. The fraction of sp³-hybridized carbons (Fsp3) is 0.190. The van der Waals surface area contributed by atoms with E-state index in [1.54, 1.807) is 7.11 Å². The Labute approximate surface area is 176 Å². The molecule has 0 radical (unpaired) electrons. The van der Waals surface area contributed by atoms with Crippen LogP contribution in [0.1, 0.15) is 0 Å². The Balaban J connectivity index is 0.00000205. The molecule has 1 aliphatic rings. The third-order valence-corrected chi connectivity index (χ3v) is 5.09. The van der Waals surface area contributed by atoms with Crippen molar-refractivity contribution >= 4 is 27.1 Å². The molecule has 7 nitrogen and oxygen atoms in total. The maximum atomic E-state index is 10.8. The Kier molecular flexibility index (Phi) is 4.66. The van der Waals surface area contributed by atoms with Gasteiger partial charge in [-0.1, -0.05) is 0 Å². The molecular weight excluding hydrogens is 442 g/mol. The van der Waals surface area contributed by atoms with Gasteiger partial charge in [0.25, 0.3) is 0 Å². The second-order valence-electron chi connectivity index (χ2n) is 6.45. The van der Waals surface area contributed by atoms with Gasteiger partial charge >= 0.3 is 0 Å². The Morgan fingerprint density at radius 3 is 2.24 bits per heavy atom. The lowest BCUT2D eigenvalue weighted by Crippen LogP contribution is -3.00. The van der Waals surface area contributed by atoms with E-state index in [1.165, 1.54) is 14.2 Å². The number of hydrogen-bond acceptors (Lipinski definition) is 6. The standard InChI is InChI=1S/C21H17NO6.BrH/c1-24-19-13-7-15-12-8-17-16(27-10-28-17)6-11(12)4-5-22(15)9-14(13)18(23)20(25-2)21(19)26-3;/h4-9H,10H2,1-3H3;1H. The van der Waals surface area contributed by atoms with Crippen LogP contribution >= 0.6 is 0 Å². The van der Waals surface area contributed by atoms with Crippen molar-refractivity contribution in [2.75, 3.05) is 28.1 Å². The molecule has 0 aliphatic carbocycles. The van der Waals surface area contributed by atoms with Gasteiger partial charge in [0.05, 0.1) is 32.1 Å². The topological polar surface area (TPSA) is 70.5 Å². The summed E-state index contributed by atoms with van der Waals surface area (Å²) in [7, 11) is 4.55. The predicted octanol–water partition coefficient (Wildman–Crippen LogP) is 0.196. The number of methoxy groups -OCH3 is 3. The van der Waals surface area contributed by atoms with Crippen molar-refractivity contribution in [3.8, 4) is 34.5 Å². The van der Waals surface area contributed by atoms with Crippen molar-refractivity contribution in [3.63, 3.8) is 0 Å². The van der Waals surface area contributed by atoms with E-state index in [2.05, 4.69) is 0 Å². The summed E-state index contributed by atoms with van der Waals surface area (Å²) >= 11 is 0. The van der Waals surface area contributed by atoms with Gasteiger partial charge in [-0.3, -0.25) is 0 Å². The molecule has 4 aromatic rings. The summed E-state index contributed by atoms with van der Waals surface area (Å²) in [5, 5.41) is 14.1. The van der Waals surface area contributed by atoms with Gasteiger partial charge in [0.1, 0.15) is 0 Å². The SMILES string of the molecule is COc1c(OC)c(OC)c2cc3c4cc5c(cc4cc[n+]3cc2c1O)OCO5.[Br-]. The molecule has 8 heteroatoms.